The first kappa shape index (κ1) is 42.5. The number of fused-ring (bicyclic) bond motifs is 3. The number of nitrogens with two attached hydrogens (primary N) is 1. The minimum Gasteiger partial charge on any atom is -0.507 e. The number of nitrogens with zero attached hydrogens (tertiary/aromatic N) is 2. The topological polar surface area (TPSA) is 257 Å². The third-order valence-corrected chi connectivity index (χ3v) is 10.2. The van der Waals surface area contributed by atoms with Crippen LogP contribution in [-0.2, 0) is 39.8 Å². The number of hydrogen-bond acceptors (Lipinski definition) is 17. The van der Waals surface area contributed by atoms with Gasteiger partial charge in [-0.25, -0.2) is 5.01 Å². The van der Waals surface area contributed by atoms with Crippen molar-refractivity contribution in [3.63, 3.8) is 0 Å². The lowest BCUT2D eigenvalue weighted by atomic mass is 9.72. The SMILES string of the molecule is COc1cccc2c1C(=O)c1c(O)c3c(c(O)c1C2=O)CC(O)(C(=O)N(C)CCN(C)N)CC3OC1CC(NCCCC(OC(C)=O)OC(C)=O)C(O)C(C)O1. The molecule has 2 aliphatic carbocycles. The highest BCUT2D eigenvalue weighted by molar-refractivity contribution is 6.31. The average molecular weight is 787 g/mol. The number of hydrazine groups is 1. The summed E-state index contributed by atoms with van der Waals surface area (Å²) in [5.41, 5.74) is -3.65. The summed E-state index contributed by atoms with van der Waals surface area (Å²) in [6.45, 7) is 4.66. The normalized spacial score (nSPS) is 24.3. The van der Waals surface area contributed by atoms with Gasteiger partial charge in [-0.15, -0.1) is 0 Å². The Morgan fingerprint density at radius 3 is 2.32 bits per heavy atom. The largest absolute Gasteiger partial charge is 0.507 e. The van der Waals surface area contributed by atoms with Crippen molar-refractivity contribution in [3.05, 3.63) is 51.6 Å². The molecule has 2 aromatic carbocycles. The average Bonchev–Trinajstić information content (AvgIpc) is 3.13. The zero-order valence-electron chi connectivity index (χ0n) is 32.2. The van der Waals surface area contributed by atoms with E-state index >= 15 is 0 Å². The van der Waals surface area contributed by atoms with E-state index < -0.39 is 107 Å². The van der Waals surface area contributed by atoms with Crippen molar-refractivity contribution in [1.29, 1.82) is 0 Å². The van der Waals surface area contributed by atoms with Crippen LogP contribution in [0.25, 0.3) is 0 Å². The van der Waals surface area contributed by atoms with E-state index in [0.29, 0.717) is 6.42 Å². The van der Waals surface area contributed by atoms with Crippen LogP contribution >= 0.6 is 0 Å². The molecular formula is C38H50N4O14. The summed E-state index contributed by atoms with van der Waals surface area (Å²) in [4.78, 5) is 66.1. The third kappa shape index (κ3) is 8.66. The Labute approximate surface area is 323 Å². The van der Waals surface area contributed by atoms with Gasteiger partial charge >= 0.3 is 11.9 Å². The molecule has 7 N–H and O–H groups in total. The zero-order valence-corrected chi connectivity index (χ0v) is 32.2. The van der Waals surface area contributed by atoms with Crippen LogP contribution in [0.2, 0.25) is 0 Å². The number of aliphatic hydroxyl groups is 2. The van der Waals surface area contributed by atoms with Crippen LogP contribution in [0.15, 0.2) is 18.2 Å². The van der Waals surface area contributed by atoms with Crippen LogP contribution < -0.4 is 15.9 Å². The predicted octanol–water partition coefficient (Wildman–Crippen LogP) is 0.567. The number of benzene rings is 2. The first-order chi connectivity index (χ1) is 26.4. The van der Waals surface area contributed by atoms with Crippen molar-refractivity contribution in [1.82, 2.24) is 15.2 Å². The van der Waals surface area contributed by atoms with Crippen LogP contribution in [0.3, 0.4) is 0 Å². The van der Waals surface area contributed by atoms with Gasteiger partial charge in [-0.2, -0.15) is 0 Å². The minimum absolute atomic E-state index is 0.0173. The molecule has 0 bridgehead atoms. The number of methoxy groups -OCH3 is 1. The number of esters is 2. The third-order valence-electron chi connectivity index (χ3n) is 10.2. The number of carbonyl (C=O) groups excluding carboxylic acids is 5. The van der Waals surface area contributed by atoms with Gasteiger partial charge in [-0.05, 0) is 26.0 Å². The first-order valence-corrected chi connectivity index (χ1v) is 18.3. The maximum absolute atomic E-state index is 14.1. The predicted molar refractivity (Wildman–Crippen MR) is 194 cm³/mol. The van der Waals surface area contributed by atoms with E-state index in [0.717, 1.165) is 0 Å². The van der Waals surface area contributed by atoms with Crippen molar-refractivity contribution >= 4 is 29.4 Å². The number of ketones is 2. The lowest BCUT2D eigenvalue weighted by Crippen LogP contribution is -2.55. The Kier molecular flexibility index (Phi) is 13.0. The van der Waals surface area contributed by atoms with Gasteiger partial charge in [-0.3, -0.25) is 29.8 Å². The molecule has 6 unspecified atom stereocenters. The Morgan fingerprint density at radius 1 is 1.04 bits per heavy atom. The summed E-state index contributed by atoms with van der Waals surface area (Å²) >= 11 is 0. The van der Waals surface area contributed by atoms with Gasteiger partial charge in [0, 0.05) is 89.4 Å². The molecule has 1 aliphatic heterocycles. The molecule has 1 fully saturated rings. The van der Waals surface area contributed by atoms with Crippen LogP contribution in [0.4, 0.5) is 0 Å². The molecule has 56 heavy (non-hydrogen) atoms. The second kappa shape index (κ2) is 17.2. The van der Waals surface area contributed by atoms with Gasteiger partial charge in [0.15, 0.2) is 12.1 Å². The summed E-state index contributed by atoms with van der Waals surface area (Å²) in [5.74, 6) is 0.911. The van der Waals surface area contributed by atoms with E-state index in [1.807, 2.05) is 0 Å². The van der Waals surface area contributed by atoms with E-state index in [1.165, 1.54) is 56.1 Å². The molecule has 6 atom stereocenters. The Morgan fingerprint density at radius 2 is 1.70 bits per heavy atom. The second-order valence-electron chi connectivity index (χ2n) is 14.5. The molecule has 1 amide bonds. The molecule has 0 radical (unpaired) electrons. The standard InChI is InChI=1S/C38H50N4O14/c1-18-32(45)23(40-12-8-11-26(54-19(2)43)55-20(3)44)15-27(53-18)56-25-17-38(51,37(50)41(4)13-14-42(5)39)16-22-29(25)36(49)31-30(34(22)47)33(46)21-9-7-10-24(52-6)28(21)35(31)48/h7,9-10,18,23,25-27,32,40,45,47,49,51H,8,11-17,39H2,1-6H3. The van der Waals surface area contributed by atoms with Crippen molar-refractivity contribution in [2.75, 3.05) is 40.8 Å². The monoisotopic (exact) mass is 786 g/mol. The van der Waals surface area contributed by atoms with E-state index in [-0.39, 0.29) is 60.5 Å². The molecule has 2 aromatic rings. The maximum Gasteiger partial charge on any atom is 0.305 e. The van der Waals surface area contributed by atoms with Gasteiger partial charge in [0.1, 0.15) is 22.8 Å². The first-order valence-electron chi connectivity index (χ1n) is 18.3. The molecule has 18 nitrogen and oxygen atoms in total. The highest BCUT2D eigenvalue weighted by Crippen LogP contribution is 2.52. The van der Waals surface area contributed by atoms with E-state index in [1.54, 1.807) is 14.0 Å². The number of phenols is 2. The molecule has 0 aromatic heterocycles. The molecule has 0 spiro atoms. The van der Waals surface area contributed by atoms with Crippen molar-refractivity contribution in [3.8, 4) is 17.2 Å². The molecule has 1 heterocycles. The van der Waals surface area contributed by atoms with Gasteiger partial charge in [0.05, 0.1) is 42.1 Å². The molecule has 18 heteroatoms. The lowest BCUT2D eigenvalue weighted by Gasteiger charge is -2.43. The highest BCUT2D eigenvalue weighted by atomic mass is 16.7. The summed E-state index contributed by atoms with van der Waals surface area (Å²) in [6, 6.07) is 3.75. The van der Waals surface area contributed by atoms with Crippen molar-refractivity contribution < 1.29 is 68.1 Å². The molecular weight excluding hydrogens is 736 g/mol. The number of aromatic hydroxyl groups is 2. The number of nitrogens with one attached hydrogen (secondary N) is 1. The minimum atomic E-state index is -2.24. The summed E-state index contributed by atoms with van der Waals surface area (Å²) in [5, 5.41) is 51.4. The number of rotatable bonds is 14. The maximum atomic E-state index is 14.1. The van der Waals surface area contributed by atoms with Crippen molar-refractivity contribution in [2.45, 2.75) is 95.4 Å². The summed E-state index contributed by atoms with van der Waals surface area (Å²) in [6.07, 6.45) is -5.89. The molecule has 1 saturated heterocycles. The number of ether oxygens (including phenoxy) is 5. The smallest absolute Gasteiger partial charge is 0.305 e. The zero-order chi connectivity index (χ0) is 41.2. The van der Waals surface area contributed by atoms with E-state index in [9.17, 15) is 44.4 Å². The highest BCUT2D eigenvalue weighted by Gasteiger charge is 2.51. The summed E-state index contributed by atoms with van der Waals surface area (Å²) in [7, 11) is 4.40. The van der Waals surface area contributed by atoms with Crippen molar-refractivity contribution in [2.24, 2.45) is 5.84 Å². The molecule has 3 aliphatic rings. The molecule has 306 valence electrons. The number of amides is 1. The molecule has 5 rings (SSSR count). The van der Waals surface area contributed by atoms with Crippen LogP contribution in [-0.4, -0.2) is 137 Å². The van der Waals surface area contributed by atoms with E-state index in [4.69, 9.17) is 29.5 Å². The lowest BCUT2D eigenvalue weighted by molar-refractivity contribution is -0.250. The van der Waals surface area contributed by atoms with Gasteiger partial charge in [0.2, 0.25) is 12.1 Å². The number of hydrogen-bond donors (Lipinski definition) is 6. The number of carbonyl (C=O) groups is 5. The number of phenolic OH excluding ortho intramolecular Hbond substituents is 2. The molecule has 0 saturated carbocycles. The summed E-state index contributed by atoms with van der Waals surface area (Å²) < 4.78 is 27.9. The van der Waals surface area contributed by atoms with Crippen LogP contribution in [0, 0.1) is 0 Å². The fourth-order valence-corrected chi connectivity index (χ4v) is 7.55. The van der Waals surface area contributed by atoms with Gasteiger partial charge in [0.25, 0.3) is 5.91 Å². The Hall–Kier alpha value is -4.69. The van der Waals surface area contributed by atoms with Gasteiger partial charge < -0.3 is 54.3 Å². The quantitative estimate of drug-likeness (QED) is 0.0326. The van der Waals surface area contributed by atoms with Gasteiger partial charge in [-0.1, -0.05) is 12.1 Å². The Bertz CT molecular complexity index is 1850. The van der Waals surface area contributed by atoms with Crippen LogP contribution in [0.1, 0.15) is 95.5 Å². The second-order valence-corrected chi connectivity index (χ2v) is 14.5. The fraction of sp³-hybridized carbons (Fsp3) is 0.553. The Balaban J connectivity index is 1.48. The number of likely N-dealkylation sites (N-methyl/N-ethyl adjacent to an activating group) is 2. The van der Waals surface area contributed by atoms with Crippen LogP contribution in [0.5, 0.6) is 17.2 Å². The number of aliphatic hydroxyl groups excluding tert-OH is 1. The fourth-order valence-electron chi connectivity index (χ4n) is 7.55. The van der Waals surface area contributed by atoms with E-state index in [2.05, 4.69) is 5.32 Å².